The quantitative estimate of drug-likeness (QED) is 0.750. The molecule has 0 aliphatic rings. The molecule has 0 aliphatic carbocycles. The van der Waals surface area contributed by atoms with Gasteiger partial charge in [-0.05, 0) is 60.0 Å². The van der Waals surface area contributed by atoms with Gasteiger partial charge in [-0.25, -0.2) is 0 Å². The molecule has 2 aromatic heterocycles. The molecule has 1 unspecified atom stereocenters. The fourth-order valence-corrected chi connectivity index (χ4v) is 3.41. The number of aromatic nitrogens is 1. The molecule has 1 N–H and O–H groups in total. The molecule has 0 radical (unpaired) electrons. The van der Waals surface area contributed by atoms with Crippen LogP contribution in [0.25, 0.3) is 10.9 Å². The van der Waals surface area contributed by atoms with E-state index in [-0.39, 0.29) is 6.04 Å². The Balaban J connectivity index is 1.98. The molecule has 108 valence electrons. The Morgan fingerprint density at radius 3 is 2.86 bits per heavy atom. The number of aryl methyl sites for hydroxylation is 1. The van der Waals surface area contributed by atoms with E-state index in [0.29, 0.717) is 0 Å². The van der Waals surface area contributed by atoms with Gasteiger partial charge in [0, 0.05) is 5.39 Å². The van der Waals surface area contributed by atoms with E-state index in [0.717, 1.165) is 24.2 Å². The van der Waals surface area contributed by atoms with Crippen molar-refractivity contribution in [2.45, 2.75) is 26.3 Å². The van der Waals surface area contributed by atoms with Crippen molar-refractivity contribution in [1.82, 2.24) is 10.3 Å². The number of likely N-dealkylation sites (N-methyl/N-ethyl adjacent to an activating group) is 1. The van der Waals surface area contributed by atoms with E-state index < -0.39 is 0 Å². The van der Waals surface area contributed by atoms with Gasteiger partial charge >= 0.3 is 0 Å². The first-order valence-electron chi connectivity index (χ1n) is 7.38. The summed E-state index contributed by atoms with van der Waals surface area (Å²) in [5, 5.41) is 9.17. The summed E-state index contributed by atoms with van der Waals surface area (Å²) in [5.41, 5.74) is 4.89. The van der Waals surface area contributed by atoms with E-state index >= 15 is 0 Å². The highest BCUT2D eigenvalue weighted by Gasteiger charge is 2.14. The highest BCUT2D eigenvalue weighted by Crippen LogP contribution is 2.24. The molecule has 0 spiro atoms. The second-order valence-electron chi connectivity index (χ2n) is 5.33. The number of thiophene rings is 1. The third-order valence-corrected chi connectivity index (χ3v) is 4.50. The summed E-state index contributed by atoms with van der Waals surface area (Å²) in [5.74, 6) is 0. The van der Waals surface area contributed by atoms with E-state index in [4.69, 9.17) is 4.98 Å². The molecular formula is C18H20N2S. The molecule has 3 aromatic rings. The lowest BCUT2D eigenvalue weighted by atomic mass is 10.0. The van der Waals surface area contributed by atoms with Crippen LogP contribution in [0.2, 0.25) is 0 Å². The summed E-state index contributed by atoms with van der Waals surface area (Å²) < 4.78 is 0. The molecule has 1 aromatic carbocycles. The van der Waals surface area contributed by atoms with Crippen molar-refractivity contribution in [3.05, 3.63) is 64.0 Å². The molecule has 3 heteroatoms. The number of pyridine rings is 1. The summed E-state index contributed by atoms with van der Waals surface area (Å²) in [7, 11) is 0. The van der Waals surface area contributed by atoms with Gasteiger partial charge in [-0.15, -0.1) is 0 Å². The van der Waals surface area contributed by atoms with Crippen LogP contribution >= 0.6 is 11.3 Å². The summed E-state index contributed by atoms with van der Waals surface area (Å²) in [6.07, 6.45) is 0.988. The SMILES string of the molecule is CCNC(Cc1ccsc1)c1cc(C)c2ccccc2n1. The van der Waals surface area contributed by atoms with Crippen LogP contribution < -0.4 is 5.32 Å². The number of hydrogen-bond acceptors (Lipinski definition) is 3. The van der Waals surface area contributed by atoms with Crippen molar-refractivity contribution in [1.29, 1.82) is 0 Å². The molecule has 0 saturated heterocycles. The number of para-hydroxylation sites is 1. The first-order valence-corrected chi connectivity index (χ1v) is 8.33. The summed E-state index contributed by atoms with van der Waals surface area (Å²) >= 11 is 1.75. The van der Waals surface area contributed by atoms with Gasteiger partial charge in [0.1, 0.15) is 0 Å². The van der Waals surface area contributed by atoms with Crippen LogP contribution in [0.4, 0.5) is 0 Å². The lowest BCUT2D eigenvalue weighted by Gasteiger charge is -2.18. The Hall–Kier alpha value is -1.71. The Morgan fingerprint density at radius 1 is 1.24 bits per heavy atom. The number of hydrogen-bond donors (Lipinski definition) is 1. The minimum absolute atomic E-state index is 0.271. The Morgan fingerprint density at radius 2 is 2.10 bits per heavy atom. The Kier molecular flexibility index (Phi) is 4.32. The van der Waals surface area contributed by atoms with Crippen LogP contribution in [-0.2, 0) is 6.42 Å². The average molecular weight is 296 g/mol. The van der Waals surface area contributed by atoms with Gasteiger partial charge in [-0.2, -0.15) is 11.3 Å². The highest BCUT2D eigenvalue weighted by atomic mass is 32.1. The largest absolute Gasteiger partial charge is 0.309 e. The van der Waals surface area contributed by atoms with Gasteiger partial charge in [0.15, 0.2) is 0 Å². The molecule has 0 bridgehead atoms. The number of benzene rings is 1. The summed E-state index contributed by atoms with van der Waals surface area (Å²) in [6, 6.07) is 13.1. The predicted octanol–water partition coefficient (Wildman–Crippen LogP) is 4.50. The van der Waals surface area contributed by atoms with Gasteiger partial charge < -0.3 is 5.32 Å². The van der Waals surface area contributed by atoms with Crippen LogP contribution in [0.3, 0.4) is 0 Å². The number of nitrogens with zero attached hydrogens (tertiary/aromatic N) is 1. The molecule has 0 aliphatic heterocycles. The van der Waals surface area contributed by atoms with Crippen LogP contribution in [0, 0.1) is 6.92 Å². The zero-order chi connectivity index (χ0) is 14.7. The summed E-state index contributed by atoms with van der Waals surface area (Å²) in [4.78, 5) is 4.88. The van der Waals surface area contributed by atoms with Crippen molar-refractivity contribution in [2.24, 2.45) is 0 Å². The molecule has 0 amide bonds. The average Bonchev–Trinajstić information content (AvgIpc) is 3.00. The van der Waals surface area contributed by atoms with E-state index in [9.17, 15) is 0 Å². The van der Waals surface area contributed by atoms with E-state index in [2.05, 4.69) is 66.3 Å². The molecule has 21 heavy (non-hydrogen) atoms. The van der Waals surface area contributed by atoms with Crippen molar-refractivity contribution in [3.63, 3.8) is 0 Å². The van der Waals surface area contributed by atoms with Crippen molar-refractivity contribution >= 4 is 22.2 Å². The number of fused-ring (bicyclic) bond motifs is 1. The standard InChI is InChI=1S/C18H20N2S/c1-3-19-17(11-14-8-9-21-12-14)18-10-13(2)15-6-4-5-7-16(15)20-18/h4-10,12,17,19H,3,11H2,1-2H3. The third-order valence-electron chi connectivity index (χ3n) is 3.77. The van der Waals surface area contributed by atoms with Crippen molar-refractivity contribution in [2.75, 3.05) is 6.54 Å². The predicted molar refractivity (Wildman–Crippen MR) is 90.9 cm³/mol. The maximum Gasteiger partial charge on any atom is 0.0708 e. The molecule has 0 saturated carbocycles. The second-order valence-corrected chi connectivity index (χ2v) is 6.11. The smallest absolute Gasteiger partial charge is 0.0708 e. The Labute approximate surface area is 129 Å². The van der Waals surface area contributed by atoms with Crippen LogP contribution in [0.15, 0.2) is 47.2 Å². The molecule has 2 heterocycles. The topological polar surface area (TPSA) is 24.9 Å². The maximum atomic E-state index is 4.88. The molecule has 0 fully saturated rings. The van der Waals surface area contributed by atoms with Gasteiger partial charge in [-0.3, -0.25) is 4.98 Å². The van der Waals surface area contributed by atoms with E-state index in [1.54, 1.807) is 11.3 Å². The molecule has 2 nitrogen and oxygen atoms in total. The maximum absolute atomic E-state index is 4.88. The van der Waals surface area contributed by atoms with E-state index in [1.807, 2.05) is 0 Å². The molecule has 3 rings (SSSR count). The summed E-state index contributed by atoms with van der Waals surface area (Å²) in [6.45, 7) is 5.26. The first-order chi connectivity index (χ1) is 10.3. The van der Waals surface area contributed by atoms with Crippen molar-refractivity contribution in [3.8, 4) is 0 Å². The van der Waals surface area contributed by atoms with Crippen LogP contribution in [0.5, 0.6) is 0 Å². The van der Waals surface area contributed by atoms with E-state index in [1.165, 1.54) is 16.5 Å². The lowest BCUT2D eigenvalue weighted by molar-refractivity contribution is 0.538. The monoisotopic (exact) mass is 296 g/mol. The first kappa shape index (κ1) is 14.2. The van der Waals surface area contributed by atoms with Gasteiger partial charge in [0.2, 0.25) is 0 Å². The molecule has 1 atom stereocenters. The highest BCUT2D eigenvalue weighted by molar-refractivity contribution is 7.07. The van der Waals surface area contributed by atoms with Gasteiger partial charge in [-0.1, -0.05) is 25.1 Å². The fraction of sp³-hybridized carbons (Fsp3) is 0.278. The van der Waals surface area contributed by atoms with Crippen LogP contribution in [-0.4, -0.2) is 11.5 Å². The minimum atomic E-state index is 0.271. The Bertz CT molecular complexity index is 719. The van der Waals surface area contributed by atoms with Gasteiger partial charge in [0.25, 0.3) is 0 Å². The van der Waals surface area contributed by atoms with Gasteiger partial charge in [0.05, 0.1) is 17.3 Å². The molecular weight excluding hydrogens is 276 g/mol. The normalized spacial score (nSPS) is 12.7. The zero-order valence-corrected chi connectivity index (χ0v) is 13.3. The van der Waals surface area contributed by atoms with Crippen molar-refractivity contribution < 1.29 is 0 Å². The number of rotatable bonds is 5. The second kappa shape index (κ2) is 6.37. The number of nitrogens with one attached hydrogen (secondary N) is 1. The minimum Gasteiger partial charge on any atom is -0.309 e. The lowest BCUT2D eigenvalue weighted by Crippen LogP contribution is -2.24. The zero-order valence-electron chi connectivity index (χ0n) is 12.5. The third kappa shape index (κ3) is 3.14. The van der Waals surface area contributed by atoms with Crippen LogP contribution in [0.1, 0.15) is 29.8 Å². The fourth-order valence-electron chi connectivity index (χ4n) is 2.73.